The first kappa shape index (κ1) is 12.3. The van der Waals surface area contributed by atoms with E-state index >= 15 is 0 Å². The Bertz CT molecular complexity index is 439. The molecule has 1 aromatic rings. The first-order chi connectivity index (χ1) is 8.13. The first-order valence-electron chi connectivity index (χ1n) is 5.37. The molecule has 3 nitrogen and oxygen atoms in total. The highest BCUT2D eigenvalue weighted by atomic mass is 35.5. The molecule has 5 heteroatoms. The van der Waals surface area contributed by atoms with Gasteiger partial charge in [-0.15, -0.1) is 0 Å². The molecule has 1 saturated heterocycles. The number of carbonyl (C=O) groups excluding carboxylic acids is 1. The highest BCUT2D eigenvalue weighted by Gasteiger charge is 2.36. The fraction of sp³-hybridized carbons (Fsp3) is 0.417. The van der Waals surface area contributed by atoms with Crippen molar-refractivity contribution < 1.29 is 13.9 Å². The molecule has 0 bridgehead atoms. The summed E-state index contributed by atoms with van der Waals surface area (Å²) >= 11 is 5.85. The third-order valence-electron chi connectivity index (χ3n) is 3.08. The summed E-state index contributed by atoms with van der Waals surface area (Å²) in [6.45, 7) is 1.06. The Morgan fingerprint density at radius 1 is 1.53 bits per heavy atom. The third-order valence-corrected chi connectivity index (χ3v) is 3.31. The van der Waals surface area contributed by atoms with Crippen LogP contribution >= 0.6 is 11.6 Å². The van der Waals surface area contributed by atoms with Crippen LogP contribution < -0.4 is 5.32 Å². The fourth-order valence-electron chi connectivity index (χ4n) is 2.20. The van der Waals surface area contributed by atoms with E-state index in [0.29, 0.717) is 23.7 Å². The zero-order valence-corrected chi connectivity index (χ0v) is 10.1. The molecule has 92 valence electrons. The number of benzene rings is 1. The second-order valence-corrected chi connectivity index (χ2v) is 4.50. The van der Waals surface area contributed by atoms with Crippen LogP contribution in [0.4, 0.5) is 4.39 Å². The van der Waals surface area contributed by atoms with Crippen LogP contribution in [0.5, 0.6) is 0 Å². The summed E-state index contributed by atoms with van der Waals surface area (Å²) < 4.78 is 18.4. The lowest BCUT2D eigenvalue weighted by Gasteiger charge is -2.17. The van der Waals surface area contributed by atoms with Crippen molar-refractivity contribution in [3.63, 3.8) is 0 Å². The number of carbonyl (C=O) groups is 1. The molecular formula is C12H13ClFNO2. The molecule has 0 unspecified atom stereocenters. The second-order valence-electron chi connectivity index (χ2n) is 4.06. The molecule has 1 aromatic carbocycles. The lowest BCUT2D eigenvalue weighted by atomic mass is 9.88. The van der Waals surface area contributed by atoms with Gasteiger partial charge in [0.05, 0.1) is 13.0 Å². The average molecular weight is 258 g/mol. The van der Waals surface area contributed by atoms with Crippen LogP contribution in [0.1, 0.15) is 11.5 Å². The molecule has 1 N–H and O–H groups in total. The predicted octanol–water partition coefficient (Wildman–Crippen LogP) is 1.96. The minimum absolute atomic E-state index is 0.221. The maximum absolute atomic E-state index is 13.7. The summed E-state index contributed by atoms with van der Waals surface area (Å²) in [7, 11) is 1.34. The quantitative estimate of drug-likeness (QED) is 0.823. The van der Waals surface area contributed by atoms with Gasteiger partial charge in [-0.1, -0.05) is 11.6 Å². The molecule has 1 aliphatic heterocycles. The normalized spacial score (nSPS) is 23.7. The second kappa shape index (κ2) is 5.02. The third kappa shape index (κ3) is 2.42. The van der Waals surface area contributed by atoms with E-state index in [-0.39, 0.29) is 23.6 Å². The number of nitrogens with one attached hydrogen (secondary N) is 1. The van der Waals surface area contributed by atoms with Crippen molar-refractivity contribution in [2.24, 2.45) is 5.92 Å². The van der Waals surface area contributed by atoms with Gasteiger partial charge < -0.3 is 10.1 Å². The molecule has 0 aliphatic carbocycles. The number of halogens is 2. The molecule has 0 aromatic heterocycles. The monoisotopic (exact) mass is 257 g/mol. The molecule has 0 saturated carbocycles. The molecule has 2 atom stereocenters. The summed E-state index contributed by atoms with van der Waals surface area (Å²) in [6.07, 6.45) is 0. The number of rotatable bonds is 2. The van der Waals surface area contributed by atoms with E-state index in [2.05, 4.69) is 5.32 Å². The molecule has 0 spiro atoms. The molecule has 0 radical (unpaired) electrons. The van der Waals surface area contributed by atoms with Gasteiger partial charge in [-0.2, -0.15) is 0 Å². The highest BCUT2D eigenvalue weighted by Crippen LogP contribution is 2.32. The van der Waals surface area contributed by atoms with Crippen molar-refractivity contribution >= 4 is 17.6 Å². The van der Waals surface area contributed by atoms with Crippen molar-refractivity contribution in [2.45, 2.75) is 5.92 Å². The van der Waals surface area contributed by atoms with Crippen LogP contribution in [0, 0.1) is 11.7 Å². The van der Waals surface area contributed by atoms with Crippen molar-refractivity contribution in [1.29, 1.82) is 0 Å². The lowest BCUT2D eigenvalue weighted by molar-refractivity contribution is -0.145. The van der Waals surface area contributed by atoms with E-state index in [0.717, 1.165) is 0 Å². The summed E-state index contributed by atoms with van der Waals surface area (Å²) in [6, 6.07) is 4.39. The summed E-state index contributed by atoms with van der Waals surface area (Å²) in [5.74, 6) is -1.23. The SMILES string of the molecule is COC(=O)[C@@H]1CNC[C@H]1c1cc(Cl)ccc1F. The topological polar surface area (TPSA) is 38.3 Å². The molecule has 1 aliphatic rings. The summed E-state index contributed by atoms with van der Waals surface area (Å²) in [5.41, 5.74) is 0.470. The van der Waals surface area contributed by atoms with Crippen LogP contribution in [0.3, 0.4) is 0 Å². The Kier molecular flexibility index (Phi) is 3.64. The van der Waals surface area contributed by atoms with E-state index in [1.807, 2.05) is 0 Å². The van der Waals surface area contributed by atoms with E-state index in [1.54, 1.807) is 6.07 Å². The Morgan fingerprint density at radius 3 is 3.00 bits per heavy atom. The van der Waals surface area contributed by atoms with Gasteiger partial charge in [-0.3, -0.25) is 4.79 Å². The Hall–Kier alpha value is -1.13. The first-order valence-corrected chi connectivity index (χ1v) is 5.74. The minimum atomic E-state index is -0.354. The predicted molar refractivity (Wildman–Crippen MR) is 62.5 cm³/mol. The van der Waals surface area contributed by atoms with Gasteiger partial charge in [-0.25, -0.2) is 4.39 Å². The van der Waals surface area contributed by atoms with Gasteiger partial charge in [0, 0.05) is 24.0 Å². The molecule has 17 heavy (non-hydrogen) atoms. The van der Waals surface area contributed by atoms with Gasteiger partial charge in [0.1, 0.15) is 5.82 Å². The number of esters is 1. The van der Waals surface area contributed by atoms with Crippen LogP contribution in [-0.2, 0) is 9.53 Å². The summed E-state index contributed by atoms with van der Waals surface area (Å²) in [5, 5.41) is 3.54. The lowest BCUT2D eigenvalue weighted by Crippen LogP contribution is -2.23. The van der Waals surface area contributed by atoms with Crippen LogP contribution in [-0.4, -0.2) is 26.2 Å². The number of ether oxygens (including phenoxy) is 1. The zero-order chi connectivity index (χ0) is 12.4. The molecule has 2 rings (SSSR count). The van der Waals surface area contributed by atoms with Gasteiger partial charge in [-0.05, 0) is 23.8 Å². The van der Waals surface area contributed by atoms with Crippen molar-refractivity contribution in [3.8, 4) is 0 Å². The van der Waals surface area contributed by atoms with E-state index in [1.165, 1.54) is 19.2 Å². The van der Waals surface area contributed by atoms with Gasteiger partial charge in [0.25, 0.3) is 0 Å². The van der Waals surface area contributed by atoms with Crippen molar-refractivity contribution in [3.05, 3.63) is 34.6 Å². The Labute approximate surface area is 104 Å². The van der Waals surface area contributed by atoms with Crippen molar-refractivity contribution in [2.75, 3.05) is 20.2 Å². The number of methoxy groups -OCH3 is 1. The Morgan fingerprint density at radius 2 is 2.29 bits per heavy atom. The zero-order valence-electron chi connectivity index (χ0n) is 9.37. The molecule has 1 heterocycles. The van der Waals surface area contributed by atoms with Crippen LogP contribution in [0.15, 0.2) is 18.2 Å². The minimum Gasteiger partial charge on any atom is -0.469 e. The Balaban J connectivity index is 2.32. The average Bonchev–Trinajstić information content (AvgIpc) is 2.80. The van der Waals surface area contributed by atoms with Gasteiger partial charge >= 0.3 is 5.97 Å². The largest absolute Gasteiger partial charge is 0.469 e. The standard InChI is InChI=1S/C12H13ClFNO2/c1-17-12(16)10-6-15-5-9(10)8-4-7(13)2-3-11(8)14/h2-4,9-10,15H,5-6H2,1H3/t9-,10+/m0/s1. The van der Waals surface area contributed by atoms with Gasteiger partial charge in [0.2, 0.25) is 0 Å². The molecular weight excluding hydrogens is 245 g/mol. The van der Waals surface area contributed by atoms with Crippen LogP contribution in [0.25, 0.3) is 0 Å². The van der Waals surface area contributed by atoms with Gasteiger partial charge in [0.15, 0.2) is 0 Å². The van der Waals surface area contributed by atoms with Crippen LogP contribution in [0.2, 0.25) is 5.02 Å². The molecule has 1 fully saturated rings. The number of hydrogen-bond acceptors (Lipinski definition) is 3. The number of hydrogen-bond donors (Lipinski definition) is 1. The maximum Gasteiger partial charge on any atom is 0.310 e. The molecule has 0 amide bonds. The van der Waals surface area contributed by atoms with E-state index in [9.17, 15) is 9.18 Å². The fourth-order valence-corrected chi connectivity index (χ4v) is 2.38. The van der Waals surface area contributed by atoms with E-state index in [4.69, 9.17) is 16.3 Å². The summed E-state index contributed by atoms with van der Waals surface area (Å²) in [4.78, 5) is 11.6. The highest BCUT2D eigenvalue weighted by molar-refractivity contribution is 6.30. The van der Waals surface area contributed by atoms with E-state index < -0.39 is 0 Å². The smallest absolute Gasteiger partial charge is 0.310 e. The maximum atomic E-state index is 13.7. The van der Waals surface area contributed by atoms with Crippen molar-refractivity contribution in [1.82, 2.24) is 5.32 Å².